The molecular weight excluding hydrogens is 201 g/mol. The summed E-state index contributed by atoms with van der Waals surface area (Å²) in [6.45, 7) is 0. The lowest BCUT2D eigenvalue weighted by molar-refractivity contribution is 0.639. The third-order valence-corrected chi connectivity index (χ3v) is 2.05. The minimum absolute atomic E-state index is 0.0751. The van der Waals surface area contributed by atoms with E-state index in [1.807, 2.05) is 0 Å². The molecule has 0 fully saturated rings. The Morgan fingerprint density at radius 3 is 3.08 bits per heavy atom. The van der Waals surface area contributed by atoms with Crippen LogP contribution in [-0.2, 0) is 0 Å². The van der Waals surface area contributed by atoms with Crippen molar-refractivity contribution in [1.29, 1.82) is 0 Å². The third kappa shape index (κ3) is 0.937. The van der Waals surface area contributed by atoms with Crippen molar-refractivity contribution in [3.63, 3.8) is 0 Å². The van der Waals surface area contributed by atoms with Crippen molar-refractivity contribution in [1.82, 2.24) is 14.6 Å². The first-order valence-corrected chi connectivity index (χ1v) is 3.89. The van der Waals surface area contributed by atoms with Crippen LogP contribution in [0.1, 0.15) is 0 Å². The molecule has 2 rings (SSSR count). The predicted octanol–water partition coefficient (Wildman–Crippen LogP) is 2.18. The number of hydrogen-bond acceptors (Lipinski definition) is 2. The number of rotatable bonds is 0. The Labute approximate surface area is 76.8 Å². The largest absolute Gasteiger partial charge is 0.287 e. The summed E-state index contributed by atoms with van der Waals surface area (Å²) in [5, 5.41) is 6.18. The zero-order valence-corrected chi connectivity index (χ0v) is 7.29. The van der Waals surface area contributed by atoms with Crippen molar-refractivity contribution < 1.29 is 4.39 Å². The number of nitrogens with zero attached hydrogens (tertiary/aromatic N) is 2. The average Bonchev–Trinajstić information content (AvgIpc) is 2.42. The monoisotopic (exact) mass is 203 g/mol. The van der Waals surface area contributed by atoms with E-state index in [1.165, 1.54) is 16.7 Å². The summed E-state index contributed by atoms with van der Waals surface area (Å²) >= 11 is 10.5. The van der Waals surface area contributed by atoms with Gasteiger partial charge in [0.2, 0.25) is 0 Å². The molecular formula is C6H3ClFN3S. The maximum atomic E-state index is 13.0. The second kappa shape index (κ2) is 2.53. The van der Waals surface area contributed by atoms with E-state index in [4.69, 9.17) is 23.8 Å². The molecule has 2 heterocycles. The molecule has 0 amide bonds. The quantitative estimate of drug-likeness (QED) is 0.666. The fraction of sp³-hybridized carbons (Fsp3) is 0. The van der Waals surface area contributed by atoms with Crippen molar-refractivity contribution in [2.75, 3.05) is 0 Å². The average molecular weight is 204 g/mol. The zero-order valence-electron chi connectivity index (χ0n) is 5.71. The van der Waals surface area contributed by atoms with E-state index in [0.717, 1.165) is 0 Å². The molecule has 2 aromatic heterocycles. The SMILES string of the molecule is Fc1ccn2c(=S)[nH]nc(Cl)c12. The van der Waals surface area contributed by atoms with Crippen LogP contribution in [0.25, 0.3) is 5.52 Å². The van der Waals surface area contributed by atoms with Crippen LogP contribution in [0, 0.1) is 10.6 Å². The number of aromatic amines is 1. The van der Waals surface area contributed by atoms with Gasteiger partial charge < -0.3 is 0 Å². The molecule has 0 saturated heterocycles. The van der Waals surface area contributed by atoms with Crippen LogP contribution < -0.4 is 0 Å². The predicted molar refractivity (Wildman–Crippen MR) is 45.3 cm³/mol. The molecule has 12 heavy (non-hydrogen) atoms. The summed E-state index contributed by atoms with van der Waals surface area (Å²) in [6.07, 6.45) is 1.50. The molecule has 62 valence electrons. The van der Waals surface area contributed by atoms with E-state index in [1.54, 1.807) is 0 Å². The molecule has 2 aromatic rings. The van der Waals surface area contributed by atoms with Gasteiger partial charge in [0, 0.05) is 6.20 Å². The Hall–Kier alpha value is -0.940. The highest BCUT2D eigenvalue weighted by Gasteiger charge is 2.07. The third-order valence-electron chi connectivity index (χ3n) is 1.50. The summed E-state index contributed by atoms with van der Waals surface area (Å²) < 4.78 is 14.7. The van der Waals surface area contributed by atoms with Gasteiger partial charge in [-0.3, -0.25) is 9.50 Å². The second-order valence-corrected chi connectivity index (χ2v) is 2.95. The van der Waals surface area contributed by atoms with Crippen molar-refractivity contribution in [2.45, 2.75) is 0 Å². The van der Waals surface area contributed by atoms with Crippen LogP contribution in [0.5, 0.6) is 0 Å². The normalized spacial score (nSPS) is 10.8. The molecule has 0 atom stereocenters. The molecule has 1 N–H and O–H groups in total. The smallest absolute Gasteiger partial charge is 0.198 e. The van der Waals surface area contributed by atoms with Gasteiger partial charge in [-0.15, -0.1) is 0 Å². The number of fused-ring (bicyclic) bond motifs is 1. The molecule has 0 radical (unpaired) electrons. The first kappa shape index (κ1) is 7.70. The maximum absolute atomic E-state index is 13.0. The maximum Gasteiger partial charge on any atom is 0.198 e. The van der Waals surface area contributed by atoms with Gasteiger partial charge in [0.1, 0.15) is 5.52 Å². The number of hydrogen-bond donors (Lipinski definition) is 1. The Morgan fingerprint density at radius 1 is 1.67 bits per heavy atom. The van der Waals surface area contributed by atoms with Gasteiger partial charge in [-0.1, -0.05) is 11.6 Å². The van der Waals surface area contributed by atoms with E-state index in [2.05, 4.69) is 10.2 Å². The van der Waals surface area contributed by atoms with Crippen LogP contribution in [0.15, 0.2) is 12.3 Å². The topological polar surface area (TPSA) is 33.1 Å². The first-order valence-electron chi connectivity index (χ1n) is 3.11. The highest BCUT2D eigenvalue weighted by Crippen LogP contribution is 2.17. The van der Waals surface area contributed by atoms with E-state index in [-0.39, 0.29) is 10.7 Å². The molecule has 0 spiro atoms. The van der Waals surface area contributed by atoms with E-state index >= 15 is 0 Å². The minimum atomic E-state index is -0.424. The van der Waals surface area contributed by atoms with Crippen LogP contribution in [-0.4, -0.2) is 14.6 Å². The fourth-order valence-corrected chi connectivity index (χ4v) is 1.40. The molecule has 0 aliphatic carbocycles. The van der Waals surface area contributed by atoms with Gasteiger partial charge in [-0.25, -0.2) is 4.39 Å². The number of aromatic nitrogens is 3. The summed E-state index contributed by atoms with van der Waals surface area (Å²) in [7, 11) is 0. The Kier molecular flexibility index (Phi) is 1.62. The number of H-pyrrole nitrogens is 1. The highest BCUT2D eigenvalue weighted by atomic mass is 35.5. The minimum Gasteiger partial charge on any atom is -0.287 e. The number of nitrogens with one attached hydrogen (secondary N) is 1. The van der Waals surface area contributed by atoms with Crippen molar-refractivity contribution in [3.05, 3.63) is 28.0 Å². The Morgan fingerprint density at radius 2 is 2.42 bits per heavy atom. The van der Waals surface area contributed by atoms with E-state index in [9.17, 15) is 4.39 Å². The molecule has 0 unspecified atom stereocenters. The van der Waals surface area contributed by atoms with Gasteiger partial charge in [0.25, 0.3) is 0 Å². The van der Waals surface area contributed by atoms with Gasteiger partial charge >= 0.3 is 0 Å². The van der Waals surface area contributed by atoms with Crippen LogP contribution >= 0.6 is 23.8 Å². The molecule has 0 aliphatic heterocycles. The molecule has 0 saturated carbocycles. The van der Waals surface area contributed by atoms with Gasteiger partial charge in [-0.05, 0) is 18.3 Å². The van der Waals surface area contributed by atoms with Crippen LogP contribution in [0.4, 0.5) is 4.39 Å². The summed E-state index contributed by atoms with van der Waals surface area (Å²) in [5.74, 6) is -0.424. The van der Waals surface area contributed by atoms with Crippen molar-refractivity contribution in [3.8, 4) is 0 Å². The summed E-state index contributed by atoms with van der Waals surface area (Å²) in [5.41, 5.74) is 0.209. The molecule has 0 bridgehead atoms. The van der Waals surface area contributed by atoms with E-state index < -0.39 is 5.82 Å². The molecule has 3 nitrogen and oxygen atoms in total. The highest BCUT2D eigenvalue weighted by molar-refractivity contribution is 7.71. The van der Waals surface area contributed by atoms with Gasteiger partial charge in [0.15, 0.2) is 15.7 Å². The van der Waals surface area contributed by atoms with Gasteiger partial charge in [0.05, 0.1) is 0 Å². The summed E-state index contributed by atoms with van der Waals surface area (Å²) in [4.78, 5) is 0. The standard InChI is InChI=1S/C6H3ClFN3S/c7-5-4-3(8)1-2-11(4)6(12)10-9-5/h1-2H,(H,10,12). The summed E-state index contributed by atoms with van der Waals surface area (Å²) in [6, 6.07) is 1.28. The lowest BCUT2D eigenvalue weighted by Gasteiger charge is -1.95. The van der Waals surface area contributed by atoms with Gasteiger partial charge in [-0.2, -0.15) is 5.10 Å². The zero-order chi connectivity index (χ0) is 8.72. The van der Waals surface area contributed by atoms with Crippen molar-refractivity contribution in [2.24, 2.45) is 0 Å². The second-order valence-electron chi connectivity index (χ2n) is 2.20. The van der Waals surface area contributed by atoms with Crippen LogP contribution in [0.3, 0.4) is 0 Å². The molecule has 0 aromatic carbocycles. The lowest BCUT2D eigenvalue weighted by Crippen LogP contribution is -1.93. The Balaban J connectivity index is 3.09. The Bertz CT molecular complexity index is 489. The lowest BCUT2D eigenvalue weighted by atomic mass is 10.5. The van der Waals surface area contributed by atoms with E-state index in [0.29, 0.717) is 4.77 Å². The number of halogens is 2. The van der Waals surface area contributed by atoms with Crippen molar-refractivity contribution >= 4 is 29.3 Å². The fourth-order valence-electron chi connectivity index (χ4n) is 0.979. The van der Waals surface area contributed by atoms with Crippen LogP contribution in [0.2, 0.25) is 5.15 Å². The molecule has 0 aliphatic rings. The first-order chi connectivity index (χ1) is 5.70. The molecule has 6 heteroatoms.